The molecule has 1 saturated heterocycles. The Balaban J connectivity index is 0.00000176. The van der Waals surface area contributed by atoms with Crippen LogP contribution < -0.4 is 27.3 Å². The van der Waals surface area contributed by atoms with Gasteiger partial charge < -0.3 is 26.1 Å². The SMILES string of the molecule is COc1ccc2oc(=O)c(C(=O)C[S+]3CCCC3)cc2c1.[Br-]. The van der Waals surface area contributed by atoms with E-state index < -0.39 is 5.63 Å². The van der Waals surface area contributed by atoms with Crippen LogP contribution in [0.15, 0.2) is 33.5 Å². The van der Waals surface area contributed by atoms with Crippen molar-refractivity contribution in [3.63, 3.8) is 0 Å². The average molecular weight is 385 g/mol. The first kappa shape index (κ1) is 17.1. The highest BCUT2D eigenvalue weighted by Crippen LogP contribution is 2.21. The Labute approximate surface area is 142 Å². The van der Waals surface area contributed by atoms with Crippen molar-refractivity contribution in [1.29, 1.82) is 0 Å². The van der Waals surface area contributed by atoms with Crippen LogP contribution >= 0.6 is 0 Å². The molecule has 0 unspecified atom stereocenters. The predicted molar refractivity (Wildman–Crippen MR) is 84.6 cm³/mol. The summed E-state index contributed by atoms with van der Waals surface area (Å²) < 4.78 is 10.4. The summed E-state index contributed by atoms with van der Waals surface area (Å²) >= 11 is 0. The Morgan fingerprint density at radius 1 is 1.27 bits per heavy atom. The molecule has 0 saturated carbocycles. The van der Waals surface area contributed by atoms with Crippen LogP contribution in [0.5, 0.6) is 5.75 Å². The second-order valence-electron chi connectivity index (χ2n) is 5.15. The van der Waals surface area contributed by atoms with E-state index in [1.807, 2.05) is 0 Å². The number of halogens is 1. The average Bonchev–Trinajstić information content (AvgIpc) is 2.98. The minimum Gasteiger partial charge on any atom is -1.00 e. The van der Waals surface area contributed by atoms with Crippen molar-refractivity contribution in [2.75, 3.05) is 24.4 Å². The highest BCUT2D eigenvalue weighted by Gasteiger charge is 2.29. The molecule has 0 atom stereocenters. The van der Waals surface area contributed by atoms with E-state index >= 15 is 0 Å². The van der Waals surface area contributed by atoms with Gasteiger partial charge in [0.15, 0.2) is 5.75 Å². The van der Waals surface area contributed by atoms with Crippen LogP contribution in [0.4, 0.5) is 0 Å². The number of ketones is 1. The van der Waals surface area contributed by atoms with Gasteiger partial charge in [-0.25, -0.2) is 4.79 Å². The largest absolute Gasteiger partial charge is 1.00 e. The number of carbonyl (C=O) groups excluding carboxylic acids is 1. The van der Waals surface area contributed by atoms with Crippen LogP contribution in [0.2, 0.25) is 0 Å². The quantitative estimate of drug-likeness (QED) is 0.401. The summed E-state index contributed by atoms with van der Waals surface area (Å²) in [6.45, 7) is 0. The van der Waals surface area contributed by atoms with Crippen molar-refractivity contribution in [3.05, 3.63) is 40.2 Å². The number of fused-ring (bicyclic) bond motifs is 1. The highest BCUT2D eigenvalue weighted by atomic mass is 79.9. The van der Waals surface area contributed by atoms with Crippen molar-refractivity contribution in [2.24, 2.45) is 0 Å². The maximum Gasteiger partial charge on any atom is 0.347 e. The molecule has 118 valence electrons. The Hall–Kier alpha value is -1.27. The molecule has 22 heavy (non-hydrogen) atoms. The molecule has 0 amide bonds. The summed E-state index contributed by atoms with van der Waals surface area (Å²) in [5.41, 5.74) is 0.0938. The highest BCUT2D eigenvalue weighted by molar-refractivity contribution is 7.97. The number of hydrogen-bond donors (Lipinski definition) is 0. The van der Waals surface area contributed by atoms with E-state index in [4.69, 9.17) is 9.15 Å². The van der Waals surface area contributed by atoms with E-state index in [0.29, 0.717) is 22.5 Å². The second-order valence-corrected chi connectivity index (χ2v) is 7.48. The van der Waals surface area contributed by atoms with Gasteiger partial charge in [0.25, 0.3) is 0 Å². The van der Waals surface area contributed by atoms with E-state index in [2.05, 4.69) is 0 Å². The molecule has 1 fully saturated rings. The van der Waals surface area contributed by atoms with Gasteiger partial charge in [-0.15, -0.1) is 0 Å². The number of ether oxygens (including phenoxy) is 1. The number of benzene rings is 1. The van der Waals surface area contributed by atoms with Gasteiger partial charge in [0, 0.05) is 5.39 Å². The van der Waals surface area contributed by atoms with Crippen LogP contribution in [0.25, 0.3) is 11.0 Å². The van der Waals surface area contributed by atoms with Crippen molar-refractivity contribution >= 4 is 27.6 Å². The van der Waals surface area contributed by atoms with Gasteiger partial charge in [-0.1, -0.05) is 0 Å². The number of methoxy groups -OCH3 is 1. The van der Waals surface area contributed by atoms with E-state index in [1.54, 1.807) is 31.4 Å². The molecule has 1 aliphatic rings. The second kappa shape index (κ2) is 7.33. The molecule has 1 aromatic carbocycles. The molecule has 3 rings (SSSR count). The van der Waals surface area contributed by atoms with Gasteiger partial charge in [0.05, 0.1) is 7.11 Å². The Bertz CT molecular complexity index is 734. The van der Waals surface area contributed by atoms with Crippen molar-refractivity contribution in [1.82, 2.24) is 0 Å². The minimum atomic E-state index is -0.541. The molecule has 0 spiro atoms. The van der Waals surface area contributed by atoms with Gasteiger partial charge >= 0.3 is 5.63 Å². The van der Waals surface area contributed by atoms with Crippen LogP contribution in [0, 0.1) is 0 Å². The summed E-state index contributed by atoms with van der Waals surface area (Å²) in [6, 6.07) is 6.81. The lowest BCUT2D eigenvalue weighted by Crippen LogP contribution is -3.00. The molecule has 1 aromatic heterocycles. The number of hydrogen-bond acceptors (Lipinski definition) is 4. The first-order chi connectivity index (χ1) is 10.2. The molecule has 6 heteroatoms. The van der Waals surface area contributed by atoms with Gasteiger partial charge in [0.1, 0.15) is 28.4 Å². The topological polar surface area (TPSA) is 56.5 Å². The smallest absolute Gasteiger partial charge is 0.347 e. The Morgan fingerprint density at radius 3 is 2.68 bits per heavy atom. The number of rotatable bonds is 4. The monoisotopic (exact) mass is 384 g/mol. The normalized spacial score (nSPS) is 14.8. The molecule has 0 aliphatic carbocycles. The van der Waals surface area contributed by atoms with Gasteiger partial charge in [-0.3, -0.25) is 4.79 Å². The lowest BCUT2D eigenvalue weighted by Gasteiger charge is -2.04. The number of Topliss-reactive ketones (excluding diaryl/α,β-unsaturated/α-hetero) is 1. The minimum absolute atomic E-state index is 0. The third kappa shape index (κ3) is 3.55. The fourth-order valence-electron chi connectivity index (χ4n) is 2.54. The van der Waals surface area contributed by atoms with E-state index in [9.17, 15) is 9.59 Å². The van der Waals surface area contributed by atoms with E-state index in [0.717, 1.165) is 11.5 Å². The predicted octanol–water partition coefficient (Wildman–Crippen LogP) is -0.600. The third-order valence-electron chi connectivity index (χ3n) is 3.69. The van der Waals surface area contributed by atoms with Gasteiger partial charge in [-0.2, -0.15) is 0 Å². The zero-order chi connectivity index (χ0) is 14.8. The van der Waals surface area contributed by atoms with Crippen LogP contribution in [-0.4, -0.2) is 30.2 Å². The maximum atomic E-state index is 12.3. The van der Waals surface area contributed by atoms with Crippen molar-refractivity contribution in [3.8, 4) is 5.75 Å². The van der Waals surface area contributed by atoms with E-state index in [1.165, 1.54) is 12.8 Å². The van der Waals surface area contributed by atoms with E-state index in [-0.39, 0.29) is 39.2 Å². The molecule has 0 N–H and O–H groups in total. The van der Waals surface area contributed by atoms with Gasteiger partial charge in [-0.05, 0) is 48.0 Å². The fraction of sp³-hybridized carbons (Fsp3) is 0.375. The molecule has 2 heterocycles. The first-order valence-corrected chi connectivity index (χ1v) is 8.70. The summed E-state index contributed by atoms with van der Waals surface area (Å²) in [7, 11) is 1.72. The Morgan fingerprint density at radius 2 is 2.00 bits per heavy atom. The van der Waals surface area contributed by atoms with Crippen LogP contribution in [0.3, 0.4) is 0 Å². The third-order valence-corrected chi connectivity index (χ3v) is 6.09. The lowest BCUT2D eigenvalue weighted by molar-refractivity contribution is -0.0000131. The summed E-state index contributed by atoms with van der Waals surface area (Å²) in [5, 5.41) is 0.715. The zero-order valence-corrected chi connectivity index (χ0v) is 14.7. The first-order valence-electron chi connectivity index (χ1n) is 6.96. The van der Waals surface area contributed by atoms with Gasteiger partial charge in [0.2, 0.25) is 5.78 Å². The summed E-state index contributed by atoms with van der Waals surface area (Å²) in [4.78, 5) is 24.3. The van der Waals surface area contributed by atoms with Crippen molar-refractivity contribution < 1.29 is 30.9 Å². The molecule has 4 nitrogen and oxygen atoms in total. The molecule has 2 aromatic rings. The number of carbonyl (C=O) groups is 1. The molecule has 0 bridgehead atoms. The molecule has 0 radical (unpaired) electrons. The standard InChI is InChI=1S/C16H17O4S.BrH/c1-19-12-4-5-15-11(8-12)9-13(16(18)20-15)14(17)10-21-6-2-3-7-21;/h4-5,8-9H,2-3,6-7,10H2,1H3;1H/q+1;/p-1. The molecular weight excluding hydrogens is 368 g/mol. The van der Waals surface area contributed by atoms with Crippen molar-refractivity contribution in [2.45, 2.75) is 12.8 Å². The zero-order valence-electron chi connectivity index (χ0n) is 12.3. The molecule has 1 aliphatic heterocycles. The van der Waals surface area contributed by atoms with Crippen LogP contribution in [-0.2, 0) is 10.9 Å². The summed E-state index contributed by atoms with van der Waals surface area (Å²) in [5.74, 6) is 3.27. The summed E-state index contributed by atoms with van der Waals surface area (Å²) in [6.07, 6.45) is 2.39. The lowest BCUT2D eigenvalue weighted by atomic mass is 10.1. The fourth-order valence-corrected chi connectivity index (χ4v) is 4.79. The Kier molecular flexibility index (Phi) is 5.69. The van der Waals surface area contributed by atoms with Crippen LogP contribution in [0.1, 0.15) is 23.2 Å². The molecular formula is C16H17BrO4S. The maximum absolute atomic E-state index is 12.3.